The van der Waals surface area contributed by atoms with Crippen molar-refractivity contribution in [1.82, 2.24) is 0 Å². The average molecular weight is 294 g/mol. The van der Waals surface area contributed by atoms with Gasteiger partial charge < -0.3 is 4.74 Å². The highest BCUT2D eigenvalue weighted by molar-refractivity contribution is 9.11. The lowest BCUT2D eigenvalue weighted by atomic mass is 10.2. The molecule has 3 heteroatoms. The summed E-state index contributed by atoms with van der Waals surface area (Å²) in [6.45, 7) is 2.08. The van der Waals surface area contributed by atoms with Crippen molar-refractivity contribution >= 4 is 31.9 Å². The summed E-state index contributed by atoms with van der Waals surface area (Å²) < 4.78 is 6.19. The molecule has 1 atom stereocenters. The Morgan fingerprint density at radius 3 is 2.58 bits per heavy atom. The molecule has 0 heterocycles. The van der Waals surface area contributed by atoms with Crippen LogP contribution in [0.4, 0.5) is 0 Å². The Bertz CT molecular complexity index is 271. The molecule has 0 bridgehead atoms. The standard InChI is InChI=1S/C9H10Br2O/c1-6(10)7-4-3-5-8(12-2)9(7)11/h3-6H,1-2H3. The van der Waals surface area contributed by atoms with Gasteiger partial charge in [-0.2, -0.15) is 0 Å². The zero-order chi connectivity index (χ0) is 9.14. The second-order valence-electron chi connectivity index (χ2n) is 2.48. The van der Waals surface area contributed by atoms with E-state index in [0.29, 0.717) is 4.83 Å². The van der Waals surface area contributed by atoms with Gasteiger partial charge >= 0.3 is 0 Å². The molecule has 1 nitrogen and oxygen atoms in total. The molecule has 0 aromatic heterocycles. The molecule has 12 heavy (non-hydrogen) atoms. The van der Waals surface area contributed by atoms with Crippen molar-refractivity contribution in [2.24, 2.45) is 0 Å². The maximum Gasteiger partial charge on any atom is 0.133 e. The van der Waals surface area contributed by atoms with Gasteiger partial charge in [-0.1, -0.05) is 28.1 Å². The number of ether oxygens (including phenoxy) is 1. The lowest BCUT2D eigenvalue weighted by Crippen LogP contribution is -1.90. The van der Waals surface area contributed by atoms with Crippen molar-refractivity contribution < 1.29 is 4.74 Å². The third-order valence-corrected chi connectivity index (χ3v) is 2.98. The van der Waals surface area contributed by atoms with Gasteiger partial charge in [-0.3, -0.25) is 0 Å². The van der Waals surface area contributed by atoms with E-state index in [1.54, 1.807) is 7.11 Å². The predicted octanol–water partition coefficient (Wildman–Crippen LogP) is 3.91. The minimum atomic E-state index is 0.335. The van der Waals surface area contributed by atoms with E-state index < -0.39 is 0 Å². The van der Waals surface area contributed by atoms with Crippen LogP contribution in [0.1, 0.15) is 17.3 Å². The Labute approximate surface area is 89.4 Å². The molecule has 1 unspecified atom stereocenters. The third kappa shape index (κ3) is 2.02. The Balaban J connectivity index is 3.14. The average Bonchev–Trinajstić information content (AvgIpc) is 2.04. The van der Waals surface area contributed by atoms with E-state index in [4.69, 9.17) is 4.74 Å². The van der Waals surface area contributed by atoms with Gasteiger partial charge in [0.05, 0.1) is 11.6 Å². The Kier molecular flexibility index (Phi) is 3.59. The first-order valence-corrected chi connectivity index (χ1v) is 5.34. The fraction of sp³-hybridized carbons (Fsp3) is 0.333. The SMILES string of the molecule is COc1cccc(C(C)Br)c1Br. The molecule has 0 saturated carbocycles. The van der Waals surface area contributed by atoms with Crippen LogP contribution in [0, 0.1) is 0 Å². The predicted molar refractivity (Wildman–Crippen MR) is 58.0 cm³/mol. The van der Waals surface area contributed by atoms with Gasteiger partial charge in [-0.25, -0.2) is 0 Å². The number of hydrogen-bond donors (Lipinski definition) is 0. The highest BCUT2D eigenvalue weighted by atomic mass is 79.9. The fourth-order valence-corrected chi connectivity index (χ4v) is 2.45. The normalized spacial score (nSPS) is 12.7. The molecule has 1 rings (SSSR count). The van der Waals surface area contributed by atoms with Crippen LogP contribution in [-0.4, -0.2) is 7.11 Å². The van der Waals surface area contributed by atoms with Crippen molar-refractivity contribution in [2.75, 3.05) is 7.11 Å². The summed E-state index contributed by atoms with van der Waals surface area (Å²) in [5.41, 5.74) is 1.20. The second-order valence-corrected chi connectivity index (χ2v) is 4.65. The van der Waals surface area contributed by atoms with Gasteiger partial charge in [-0.15, -0.1) is 0 Å². The number of methoxy groups -OCH3 is 1. The van der Waals surface area contributed by atoms with Gasteiger partial charge in [0.2, 0.25) is 0 Å². The highest BCUT2D eigenvalue weighted by Gasteiger charge is 2.08. The molecule has 0 N–H and O–H groups in total. The smallest absolute Gasteiger partial charge is 0.133 e. The molecular formula is C9H10Br2O. The van der Waals surface area contributed by atoms with Crippen LogP contribution < -0.4 is 4.74 Å². The molecule has 1 aromatic rings. The van der Waals surface area contributed by atoms with Gasteiger partial charge in [0, 0.05) is 4.83 Å². The first kappa shape index (κ1) is 10.1. The van der Waals surface area contributed by atoms with Crippen LogP contribution in [0.2, 0.25) is 0 Å². The van der Waals surface area contributed by atoms with E-state index >= 15 is 0 Å². The molecule has 0 amide bonds. The summed E-state index contributed by atoms with van der Waals surface area (Å²) in [5.74, 6) is 0.874. The first-order valence-electron chi connectivity index (χ1n) is 3.63. The van der Waals surface area contributed by atoms with Crippen LogP contribution in [-0.2, 0) is 0 Å². The number of benzene rings is 1. The summed E-state index contributed by atoms with van der Waals surface area (Å²) in [4.78, 5) is 0.335. The van der Waals surface area contributed by atoms with E-state index in [0.717, 1.165) is 10.2 Å². The molecule has 0 saturated heterocycles. The van der Waals surface area contributed by atoms with Crippen molar-refractivity contribution in [3.8, 4) is 5.75 Å². The molecular weight excluding hydrogens is 284 g/mol. The first-order chi connectivity index (χ1) is 5.66. The van der Waals surface area contributed by atoms with E-state index in [1.807, 2.05) is 12.1 Å². The monoisotopic (exact) mass is 292 g/mol. The summed E-state index contributed by atoms with van der Waals surface area (Å²) >= 11 is 7.00. The molecule has 1 aromatic carbocycles. The molecule has 0 aliphatic carbocycles. The number of hydrogen-bond acceptors (Lipinski definition) is 1. The molecule has 0 aliphatic heterocycles. The zero-order valence-electron chi connectivity index (χ0n) is 6.97. The maximum atomic E-state index is 5.17. The van der Waals surface area contributed by atoms with Gasteiger partial charge in [0.15, 0.2) is 0 Å². The number of alkyl halides is 1. The van der Waals surface area contributed by atoms with Crippen molar-refractivity contribution in [3.63, 3.8) is 0 Å². The van der Waals surface area contributed by atoms with Crippen LogP contribution in [0.5, 0.6) is 5.75 Å². The topological polar surface area (TPSA) is 9.23 Å². The van der Waals surface area contributed by atoms with Crippen LogP contribution >= 0.6 is 31.9 Å². The largest absolute Gasteiger partial charge is 0.496 e. The quantitative estimate of drug-likeness (QED) is 0.751. The van der Waals surface area contributed by atoms with Crippen molar-refractivity contribution in [3.05, 3.63) is 28.2 Å². The fourth-order valence-electron chi connectivity index (χ4n) is 0.993. The van der Waals surface area contributed by atoms with Gasteiger partial charge in [-0.05, 0) is 34.5 Å². The molecule has 0 aliphatic rings. The Morgan fingerprint density at radius 2 is 2.08 bits per heavy atom. The summed E-state index contributed by atoms with van der Waals surface area (Å²) in [6, 6.07) is 5.98. The summed E-state index contributed by atoms with van der Waals surface area (Å²) in [7, 11) is 1.67. The number of rotatable bonds is 2. The molecule has 0 radical (unpaired) electrons. The van der Waals surface area contributed by atoms with Crippen molar-refractivity contribution in [1.29, 1.82) is 0 Å². The zero-order valence-corrected chi connectivity index (χ0v) is 10.1. The minimum Gasteiger partial charge on any atom is -0.496 e. The minimum absolute atomic E-state index is 0.335. The van der Waals surface area contributed by atoms with Crippen LogP contribution in [0.15, 0.2) is 22.7 Å². The Hall–Kier alpha value is -0.0200. The molecule has 0 fully saturated rings. The van der Waals surface area contributed by atoms with Crippen LogP contribution in [0.25, 0.3) is 0 Å². The molecule has 66 valence electrons. The molecule has 0 spiro atoms. The maximum absolute atomic E-state index is 5.17. The van der Waals surface area contributed by atoms with E-state index in [1.165, 1.54) is 5.56 Å². The van der Waals surface area contributed by atoms with Crippen LogP contribution in [0.3, 0.4) is 0 Å². The van der Waals surface area contributed by atoms with Gasteiger partial charge in [0.1, 0.15) is 5.75 Å². The lowest BCUT2D eigenvalue weighted by Gasteiger charge is -2.09. The summed E-state index contributed by atoms with van der Waals surface area (Å²) in [6.07, 6.45) is 0. The summed E-state index contributed by atoms with van der Waals surface area (Å²) in [5, 5.41) is 0. The van der Waals surface area contributed by atoms with Gasteiger partial charge in [0.25, 0.3) is 0 Å². The number of halogens is 2. The second kappa shape index (κ2) is 4.28. The highest BCUT2D eigenvalue weighted by Crippen LogP contribution is 2.35. The van der Waals surface area contributed by atoms with E-state index in [2.05, 4.69) is 44.8 Å². The van der Waals surface area contributed by atoms with Crippen molar-refractivity contribution in [2.45, 2.75) is 11.8 Å². The lowest BCUT2D eigenvalue weighted by molar-refractivity contribution is 0.411. The van der Waals surface area contributed by atoms with E-state index in [9.17, 15) is 0 Å². The van der Waals surface area contributed by atoms with E-state index in [-0.39, 0.29) is 0 Å². The Morgan fingerprint density at radius 1 is 1.42 bits per heavy atom. The third-order valence-electron chi connectivity index (χ3n) is 1.64.